The zero-order chi connectivity index (χ0) is 31.7. The Hall–Kier alpha value is -4.65. The number of nitrogens with zero attached hydrogens (tertiary/aromatic N) is 5. The molecule has 2 aromatic carbocycles. The van der Waals surface area contributed by atoms with E-state index in [-0.39, 0.29) is 23.1 Å². The Morgan fingerprint density at radius 3 is 2.56 bits per heavy atom. The standard InChI is InChI=1S/C32H34F3N7O3/c1-4-19-7-6-8-24(22(19)5-2)37-30(43)29-23-11-9-20-18-36-31(39-27(20)28(23)40-45-29)38-25-12-10-21(17-26(25)44-32(33,34)35)42-15-13-41(3)14-16-42/h6-8,10,12,17-18H,4-5,9,11,13-16H2,1-3H3,(H,37,43)(H,36,38,39). The number of likely N-dealkylation sites (N-methyl/N-ethyl adjacent to an activating group) is 1. The van der Waals surface area contributed by atoms with Crippen molar-refractivity contribution in [3.63, 3.8) is 0 Å². The summed E-state index contributed by atoms with van der Waals surface area (Å²) in [5.41, 5.74) is 5.91. The van der Waals surface area contributed by atoms with Crippen LogP contribution in [0.5, 0.6) is 5.75 Å². The third-order valence-electron chi connectivity index (χ3n) is 8.29. The molecule has 10 nitrogen and oxygen atoms in total. The smallest absolute Gasteiger partial charge is 0.403 e. The van der Waals surface area contributed by atoms with Crippen LogP contribution in [0.4, 0.5) is 36.2 Å². The number of piperazine rings is 1. The first-order valence-corrected chi connectivity index (χ1v) is 15.0. The van der Waals surface area contributed by atoms with Crippen LogP contribution in [0.15, 0.2) is 47.1 Å². The van der Waals surface area contributed by atoms with Crippen LogP contribution in [-0.4, -0.2) is 65.5 Å². The molecule has 1 amide bonds. The second-order valence-corrected chi connectivity index (χ2v) is 11.2. The minimum absolute atomic E-state index is 0.0546. The van der Waals surface area contributed by atoms with E-state index in [4.69, 9.17) is 4.52 Å². The molecule has 6 rings (SSSR count). The molecule has 0 spiro atoms. The highest BCUT2D eigenvalue weighted by molar-refractivity contribution is 6.04. The molecule has 3 heterocycles. The van der Waals surface area contributed by atoms with Gasteiger partial charge >= 0.3 is 6.36 Å². The van der Waals surface area contributed by atoms with E-state index in [1.165, 1.54) is 17.7 Å². The van der Waals surface area contributed by atoms with Crippen molar-refractivity contribution in [3.05, 3.63) is 70.6 Å². The van der Waals surface area contributed by atoms with E-state index < -0.39 is 12.3 Å². The van der Waals surface area contributed by atoms with Gasteiger partial charge in [0.1, 0.15) is 11.4 Å². The number of halogens is 3. The van der Waals surface area contributed by atoms with Gasteiger partial charge in [-0.15, -0.1) is 13.2 Å². The predicted octanol–water partition coefficient (Wildman–Crippen LogP) is 6.00. The van der Waals surface area contributed by atoms with E-state index in [1.54, 1.807) is 12.3 Å². The molecule has 13 heteroatoms. The van der Waals surface area contributed by atoms with Gasteiger partial charge in [0.2, 0.25) is 11.7 Å². The molecule has 2 aromatic heterocycles. The molecule has 2 aliphatic rings. The van der Waals surface area contributed by atoms with E-state index in [0.717, 1.165) is 42.7 Å². The van der Waals surface area contributed by atoms with Gasteiger partial charge in [-0.05, 0) is 67.6 Å². The lowest BCUT2D eigenvalue weighted by Crippen LogP contribution is -2.44. The van der Waals surface area contributed by atoms with Gasteiger partial charge < -0.3 is 29.7 Å². The Bertz CT molecular complexity index is 1710. The average molecular weight is 622 g/mol. The first kappa shape index (κ1) is 30.4. The van der Waals surface area contributed by atoms with Crippen LogP contribution < -0.4 is 20.3 Å². The molecule has 0 radical (unpaired) electrons. The number of rotatable bonds is 8. The van der Waals surface area contributed by atoms with Crippen LogP contribution in [0.25, 0.3) is 11.4 Å². The summed E-state index contributed by atoms with van der Waals surface area (Å²) in [5, 5.41) is 10.1. The summed E-state index contributed by atoms with van der Waals surface area (Å²) in [6.45, 7) is 7.10. The van der Waals surface area contributed by atoms with Crippen molar-refractivity contribution < 1.29 is 27.2 Å². The predicted molar refractivity (Wildman–Crippen MR) is 164 cm³/mol. The maximum Gasteiger partial charge on any atom is 0.573 e. The summed E-state index contributed by atoms with van der Waals surface area (Å²) in [6, 6.07) is 10.5. The highest BCUT2D eigenvalue weighted by atomic mass is 19.4. The Kier molecular flexibility index (Phi) is 8.36. The fourth-order valence-electron chi connectivity index (χ4n) is 5.91. The monoisotopic (exact) mass is 621 g/mol. The third kappa shape index (κ3) is 6.44. The quantitative estimate of drug-likeness (QED) is 0.245. The number of ether oxygens (including phenoxy) is 1. The molecule has 2 N–H and O–H groups in total. The number of carbonyl (C=O) groups excluding carboxylic acids is 1. The van der Waals surface area contributed by atoms with Crippen molar-refractivity contribution in [2.45, 2.75) is 45.9 Å². The maximum absolute atomic E-state index is 13.4. The molecule has 1 saturated heterocycles. The summed E-state index contributed by atoms with van der Waals surface area (Å²) in [4.78, 5) is 26.4. The van der Waals surface area contributed by atoms with Gasteiger partial charge in [-0.3, -0.25) is 4.79 Å². The fraction of sp³-hybridized carbons (Fsp3) is 0.375. The lowest BCUT2D eigenvalue weighted by atomic mass is 9.93. The number of hydrogen-bond acceptors (Lipinski definition) is 9. The van der Waals surface area contributed by atoms with Crippen LogP contribution in [-0.2, 0) is 25.7 Å². The van der Waals surface area contributed by atoms with Crippen molar-refractivity contribution in [2.75, 3.05) is 48.8 Å². The van der Waals surface area contributed by atoms with Crippen molar-refractivity contribution in [1.29, 1.82) is 0 Å². The Morgan fingerprint density at radius 1 is 1.02 bits per heavy atom. The van der Waals surface area contributed by atoms with Gasteiger partial charge in [-0.1, -0.05) is 31.1 Å². The minimum atomic E-state index is -4.89. The summed E-state index contributed by atoms with van der Waals surface area (Å²) in [7, 11) is 2.01. The Labute approximate surface area is 258 Å². The molecule has 0 atom stereocenters. The lowest BCUT2D eigenvalue weighted by molar-refractivity contribution is -0.274. The second-order valence-electron chi connectivity index (χ2n) is 11.2. The van der Waals surface area contributed by atoms with Gasteiger partial charge in [-0.25, -0.2) is 9.97 Å². The molecule has 0 saturated carbocycles. The lowest BCUT2D eigenvalue weighted by Gasteiger charge is -2.34. The van der Waals surface area contributed by atoms with E-state index in [2.05, 4.69) is 42.3 Å². The van der Waals surface area contributed by atoms with Crippen LogP contribution >= 0.6 is 0 Å². The number of aryl methyl sites for hydroxylation is 2. The molecule has 1 aliphatic heterocycles. The van der Waals surface area contributed by atoms with E-state index in [0.29, 0.717) is 48.6 Å². The molecule has 1 aliphatic carbocycles. The minimum Gasteiger partial charge on any atom is -0.403 e. The first-order chi connectivity index (χ1) is 21.6. The van der Waals surface area contributed by atoms with Crippen LogP contribution in [0.1, 0.15) is 46.7 Å². The topological polar surface area (TPSA) is 109 Å². The molecule has 1 fully saturated rings. The molecular formula is C32H34F3N7O3. The number of amides is 1. The van der Waals surface area contributed by atoms with Gasteiger partial charge in [-0.2, -0.15) is 0 Å². The highest BCUT2D eigenvalue weighted by Crippen LogP contribution is 2.38. The molecular weight excluding hydrogens is 587 g/mol. The Balaban J connectivity index is 1.26. The number of fused-ring (bicyclic) bond motifs is 3. The highest BCUT2D eigenvalue weighted by Gasteiger charge is 2.33. The maximum atomic E-state index is 13.4. The van der Waals surface area contributed by atoms with E-state index >= 15 is 0 Å². The zero-order valence-electron chi connectivity index (χ0n) is 25.3. The van der Waals surface area contributed by atoms with Gasteiger partial charge in [0.05, 0.1) is 5.69 Å². The van der Waals surface area contributed by atoms with Crippen molar-refractivity contribution in [1.82, 2.24) is 20.0 Å². The van der Waals surface area contributed by atoms with Crippen molar-refractivity contribution in [3.8, 4) is 17.1 Å². The van der Waals surface area contributed by atoms with E-state index in [1.807, 2.05) is 37.1 Å². The second kappa shape index (κ2) is 12.4. The first-order valence-electron chi connectivity index (χ1n) is 15.0. The molecule has 236 valence electrons. The number of hydrogen-bond donors (Lipinski definition) is 2. The summed E-state index contributed by atoms with van der Waals surface area (Å²) in [5.74, 6) is -0.635. The number of nitrogens with one attached hydrogen (secondary N) is 2. The summed E-state index contributed by atoms with van der Waals surface area (Å²) < 4.78 is 50.2. The summed E-state index contributed by atoms with van der Waals surface area (Å²) in [6.07, 6.45) is -0.634. The summed E-state index contributed by atoms with van der Waals surface area (Å²) >= 11 is 0. The molecule has 0 unspecified atom stereocenters. The normalized spacial score (nSPS) is 14.9. The SMILES string of the molecule is CCc1cccc(NC(=O)c2onc3c2CCc2cnc(Nc4ccc(N5CCN(C)CC5)cc4OC(F)(F)F)nc2-3)c1CC. The van der Waals surface area contributed by atoms with Gasteiger partial charge in [0.15, 0.2) is 5.75 Å². The molecule has 4 aromatic rings. The molecule has 45 heavy (non-hydrogen) atoms. The number of benzene rings is 2. The van der Waals surface area contributed by atoms with Crippen LogP contribution in [0.2, 0.25) is 0 Å². The number of anilines is 4. The van der Waals surface area contributed by atoms with Gasteiger partial charge in [0, 0.05) is 55.4 Å². The fourth-order valence-corrected chi connectivity index (χ4v) is 5.91. The number of aromatic nitrogens is 3. The van der Waals surface area contributed by atoms with E-state index in [9.17, 15) is 18.0 Å². The molecule has 0 bridgehead atoms. The third-order valence-corrected chi connectivity index (χ3v) is 8.29. The van der Waals surface area contributed by atoms with Crippen molar-refractivity contribution in [2.24, 2.45) is 0 Å². The number of carbonyl (C=O) groups is 1. The van der Waals surface area contributed by atoms with Crippen LogP contribution in [0.3, 0.4) is 0 Å². The van der Waals surface area contributed by atoms with Crippen LogP contribution in [0, 0.1) is 0 Å². The van der Waals surface area contributed by atoms with Gasteiger partial charge in [0.25, 0.3) is 5.91 Å². The largest absolute Gasteiger partial charge is 0.573 e. The average Bonchev–Trinajstić information content (AvgIpc) is 3.46. The Morgan fingerprint density at radius 2 is 1.82 bits per heavy atom. The van der Waals surface area contributed by atoms with Crippen molar-refractivity contribution >= 4 is 28.9 Å². The number of alkyl halides is 3. The zero-order valence-corrected chi connectivity index (χ0v) is 25.3.